The molecule has 0 unspecified atom stereocenters. The fourth-order valence-corrected chi connectivity index (χ4v) is 0.669. The van der Waals surface area contributed by atoms with Crippen LogP contribution in [0.2, 0.25) is 0 Å². The maximum Gasteiger partial charge on any atom is 0.0277 e. The lowest BCUT2D eigenvalue weighted by molar-refractivity contribution is 0.905. The lowest BCUT2D eigenvalue weighted by atomic mass is 10.2. The van der Waals surface area contributed by atoms with Crippen LogP contribution >= 0.6 is 0 Å². The fourth-order valence-electron chi connectivity index (χ4n) is 0.669. The first-order valence-electron chi connectivity index (χ1n) is 3.23. The number of nitrogens with zero attached hydrogens (tertiary/aromatic N) is 1. The third kappa shape index (κ3) is 4.04. The molecule has 0 spiro atoms. The van der Waals surface area contributed by atoms with Crippen molar-refractivity contribution in [2.24, 2.45) is 4.99 Å². The zero-order chi connectivity index (χ0) is 7.82. The number of allylic oxidation sites excluding steroid dienone is 2. The molecular formula is C8H14N2. The van der Waals surface area contributed by atoms with Crippen LogP contribution < -0.4 is 5.32 Å². The lowest BCUT2D eigenvalue weighted by Gasteiger charge is -1.96. The van der Waals surface area contributed by atoms with Gasteiger partial charge < -0.3 is 5.32 Å². The van der Waals surface area contributed by atoms with Gasteiger partial charge in [0.15, 0.2) is 0 Å². The highest BCUT2D eigenvalue weighted by Gasteiger charge is 1.85. The molecule has 0 saturated heterocycles. The summed E-state index contributed by atoms with van der Waals surface area (Å²) in [5, 5.41) is 3.03. The molecule has 0 radical (unpaired) electrons. The molecule has 0 bridgehead atoms. The van der Waals surface area contributed by atoms with E-state index in [2.05, 4.69) is 16.9 Å². The van der Waals surface area contributed by atoms with E-state index in [1.807, 2.05) is 19.3 Å². The molecule has 0 amide bonds. The van der Waals surface area contributed by atoms with Crippen LogP contribution in [0.4, 0.5) is 0 Å². The summed E-state index contributed by atoms with van der Waals surface area (Å²) in [6, 6.07) is 0. The number of likely N-dealkylation sites (N-methyl/N-ethyl adjacent to an activating group) is 1. The Kier molecular flexibility index (Phi) is 5.68. The van der Waals surface area contributed by atoms with E-state index in [1.54, 1.807) is 13.1 Å². The minimum atomic E-state index is 0.837. The monoisotopic (exact) mass is 138 g/mol. The summed E-state index contributed by atoms with van der Waals surface area (Å²) in [5.41, 5.74) is 1.14. The Balaban J connectivity index is 3.96. The van der Waals surface area contributed by atoms with Crippen molar-refractivity contribution >= 4 is 6.21 Å². The standard InChI is InChI=1S/C8H14N2/c1-4-5-8(6-9-2)7-10-3/h4-6,10H,1,7H2,2-3H3/b8-5+,9-6-. The third-order valence-electron chi connectivity index (χ3n) is 1.01. The Hall–Kier alpha value is -0.890. The predicted molar refractivity (Wildman–Crippen MR) is 46.6 cm³/mol. The van der Waals surface area contributed by atoms with Gasteiger partial charge in [0.05, 0.1) is 0 Å². The van der Waals surface area contributed by atoms with Gasteiger partial charge in [-0.1, -0.05) is 18.7 Å². The molecule has 10 heavy (non-hydrogen) atoms. The van der Waals surface area contributed by atoms with E-state index >= 15 is 0 Å². The Morgan fingerprint density at radius 2 is 2.40 bits per heavy atom. The molecule has 0 aromatic heterocycles. The second kappa shape index (κ2) is 6.23. The van der Waals surface area contributed by atoms with E-state index in [-0.39, 0.29) is 0 Å². The van der Waals surface area contributed by atoms with E-state index in [0.717, 1.165) is 12.1 Å². The summed E-state index contributed by atoms with van der Waals surface area (Å²) in [4.78, 5) is 3.89. The first-order chi connectivity index (χ1) is 4.85. The number of hydrogen-bond acceptors (Lipinski definition) is 2. The van der Waals surface area contributed by atoms with Crippen LogP contribution in [0, 0.1) is 0 Å². The molecule has 1 N–H and O–H groups in total. The zero-order valence-corrected chi connectivity index (χ0v) is 6.59. The molecule has 0 atom stereocenters. The van der Waals surface area contributed by atoms with Crippen molar-refractivity contribution in [3.63, 3.8) is 0 Å². The van der Waals surface area contributed by atoms with Crippen LogP contribution in [0.15, 0.2) is 29.3 Å². The molecule has 0 saturated carbocycles. The summed E-state index contributed by atoms with van der Waals surface area (Å²) in [7, 11) is 3.66. The maximum absolute atomic E-state index is 3.89. The fraction of sp³-hybridized carbons (Fsp3) is 0.375. The average molecular weight is 138 g/mol. The van der Waals surface area contributed by atoms with Crippen molar-refractivity contribution in [3.8, 4) is 0 Å². The lowest BCUT2D eigenvalue weighted by Crippen LogP contribution is -2.10. The van der Waals surface area contributed by atoms with E-state index in [9.17, 15) is 0 Å². The molecule has 0 heterocycles. The second-order valence-electron chi connectivity index (χ2n) is 1.89. The number of aliphatic imine (C=N–C) groups is 1. The van der Waals surface area contributed by atoms with Crippen LogP contribution in [0.25, 0.3) is 0 Å². The molecule has 0 fully saturated rings. The highest BCUT2D eigenvalue weighted by atomic mass is 14.8. The van der Waals surface area contributed by atoms with E-state index < -0.39 is 0 Å². The van der Waals surface area contributed by atoms with Gasteiger partial charge in [-0.2, -0.15) is 0 Å². The molecule has 0 aromatic rings. The van der Waals surface area contributed by atoms with Crippen LogP contribution in [0.3, 0.4) is 0 Å². The molecule has 0 rings (SSSR count). The van der Waals surface area contributed by atoms with Crippen LogP contribution in [0.1, 0.15) is 0 Å². The van der Waals surface area contributed by atoms with Gasteiger partial charge in [0, 0.05) is 19.8 Å². The van der Waals surface area contributed by atoms with Crippen LogP contribution in [0.5, 0.6) is 0 Å². The van der Waals surface area contributed by atoms with Gasteiger partial charge in [-0.15, -0.1) is 0 Å². The maximum atomic E-state index is 3.89. The number of hydrogen-bond donors (Lipinski definition) is 1. The van der Waals surface area contributed by atoms with Crippen molar-refractivity contribution in [1.29, 1.82) is 0 Å². The summed E-state index contributed by atoms with van der Waals surface area (Å²) in [6.07, 6.45) is 5.51. The molecular weight excluding hydrogens is 124 g/mol. The van der Waals surface area contributed by atoms with Gasteiger partial charge in [-0.25, -0.2) is 0 Å². The Labute approximate surface area is 62.4 Å². The van der Waals surface area contributed by atoms with E-state index in [0.29, 0.717) is 0 Å². The summed E-state index contributed by atoms with van der Waals surface area (Å²) < 4.78 is 0. The van der Waals surface area contributed by atoms with Gasteiger partial charge in [0.25, 0.3) is 0 Å². The van der Waals surface area contributed by atoms with Crippen LogP contribution in [-0.2, 0) is 0 Å². The highest BCUT2D eigenvalue weighted by Crippen LogP contribution is 1.87. The van der Waals surface area contributed by atoms with Crippen LogP contribution in [-0.4, -0.2) is 26.9 Å². The summed E-state index contributed by atoms with van der Waals surface area (Å²) in [6.45, 7) is 4.44. The zero-order valence-electron chi connectivity index (χ0n) is 6.59. The SMILES string of the molecule is C=C/C=C(\C=N/C)CNC. The Morgan fingerprint density at radius 1 is 1.70 bits per heavy atom. The number of nitrogens with one attached hydrogen (secondary N) is 1. The van der Waals surface area contributed by atoms with Gasteiger partial charge in [-0.05, 0) is 12.6 Å². The second-order valence-corrected chi connectivity index (χ2v) is 1.89. The Morgan fingerprint density at radius 3 is 2.80 bits per heavy atom. The van der Waals surface area contributed by atoms with Gasteiger partial charge in [0.1, 0.15) is 0 Å². The van der Waals surface area contributed by atoms with E-state index in [1.165, 1.54) is 0 Å². The van der Waals surface area contributed by atoms with Gasteiger partial charge in [0.2, 0.25) is 0 Å². The van der Waals surface area contributed by atoms with Crippen molar-refractivity contribution in [1.82, 2.24) is 5.32 Å². The quantitative estimate of drug-likeness (QED) is 0.455. The first-order valence-corrected chi connectivity index (χ1v) is 3.23. The van der Waals surface area contributed by atoms with Crippen molar-refractivity contribution < 1.29 is 0 Å². The van der Waals surface area contributed by atoms with Crippen molar-refractivity contribution in [2.75, 3.05) is 20.6 Å². The summed E-state index contributed by atoms with van der Waals surface area (Å²) in [5.74, 6) is 0. The topological polar surface area (TPSA) is 24.4 Å². The highest BCUT2D eigenvalue weighted by molar-refractivity contribution is 5.79. The molecule has 0 aromatic carbocycles. The average Bonchev–Trinajstić information content (AvgIpc) is 1.90. The minimum absolute atomic E-state index is 0.837. The summed E-state index contributed by atoms with van der Waals surface area (Å²) >= 11 is 0. The molecule has 2 heteroatoms. The van der Waals surface area contributed by atoms with Gasteiger partial charge >= 0.3 is 0 Å². The first kappa shape index (κ1) is 9.11. The minimum Gasteiger partial charge on any atom is -0.316 e. The predicted octanol–water partition coefficient (Wildman–Crippen LogP) is 1.02. The molecule has 0 aliphatic rings. The molecule has 2 nitrogen and oxygen atoms in total. The van der Waals surface area contributed by atoms with Crippen molar-refractivity contribution in [3.05, 3.63) is 24.3 Å². The third-order valence-corrected chi connectivity index (χ3v) is 1.01. The van der Waals surface area contributed by atoms with Crippen molar-refractivity contribution in [2.45, 2.75) is 0 Å². The van der Waals surface area contributed by atoms with E-state index in [4.69, 9.17) is 0 Å². The number of rotatable bonds is 4. The molecule has 0 aliphatic heterocycles. The molecule has 0 aliphatic carbocycles. The van der Waals surface area contributed by atoms with Gasteiger partial charge in [-0.3, -0.25) is 4.99 Å². The smallest absolute Gasteiger partial charge is 0.0277 e. The normalized spacial score (nSPS) is 12.4. The largest absolute Gasteiger partial charge is 0.316 e. The Bertz CT molecular complexity index is 145. The molecule has 56 valence electrons.